The zero-order valence-corrected chi connectivity index (χ0v) is 35.9. The predicted octanol–water partition coefficient (Wildman–Crippen LogP) is 5.89. The van der Waals surface area contributed by atoms with Gasteiger partial charge >= 0.3 is 0 Å². The van der Waals surface area contributed by atoms with Gasteiger partial charge in [-0.25, -0.2) is 0 Å². The molecule has 64 heavy (non-hydrogen) atoms. The second kappa shape index (κ2) is 20.1. The van der Waals surface area contributed by atoms with Crippen LogP contribution in [0.15, 0.2) is 115 Å². The fourth-order valence-electron chi connectivity index (χ4n) is 8.55. The lowest BCUT2D eigenvalue weighted by atomic mass is 9.97. The molecule has 14 nitrogen and oxygen atoms in total. The SMILES string of the molecule is COc1cc(C(=O)N[C@@H](Cc2ccccc2)[C@@H](O)CN(C(=O)CCN2C(=O)c3ccccc3C2=O)C2CCN(Cc3ccc4c(c3)OCO4)CC2)cc(OC)c1OCc1ccccc1. The largest absolute Gasteiger partial charge is 0.493 e. The van der Waals surface area contributed by atoms with Gasteiger partial charge in [-0.05, 0) is 72.4 Å². The minimum absolute atomic E-state index is 0.107. The predicted molar refractivity (Wildman–Crippen MR) is 237 cm³/mol. The number of carbonyl (C=O) groups is 4. The molecule has 3 aliphatic rings. The molecule has 14 heteroatoms. The lowest BCUT2D eigenvalue weighted by molar-refractivity contribution is -0.136. The Morgan fingerprint density at radius 3 is 2.03 bits per heavy atom. The van der Waals surface area contributed by atoms with E-state index in [1.807, 2.05) is 78.9 Å². The average molecular weight is 869 g/mol. The summed E-state index contributed by atoms with van der Waals surface area (Å²) in [5.41, 5.74) is 3.73. The molecule has 0 unspecified atom stereocenters. The third-order valence-corrected chi connectivity index (χ3v) is 12.0. The van der Waals surface area contributed by atoms with Crippen molar-refractivity contribution >= 4 is 23.6 Å². The molecule has 332 valence electrons. The number of piperidine rings is 1. The molecule has 0 spiro atoms. The highest BCUT2D eigenvalue weighted by atomic mass is 16.7. The molecule has 5 aromatic carbocycles. The molecule has 1 fully saturated rings. The molecular weight excluding hydrogens is 817 g/mol. The minimum atomic E-state index is -1.23. The van der Waals surface area contributed by atoms with Gasteiger partial charge in [0.2, 0.25) is 18.4 Å². The number of fused-ring (bicyclic) bond motifs is 2. The quantitative estimate of drug-likeness (QED) is 0.101. The number of nitrogens with zero attached hydrogens (tertiary/aromatic N) is 3. The molecule has 0 saturated carbocycles. The van der Waals surface area contributed by atoms with E-state index < -0.39 is 29.9 Å². The molecule has 0 aliphatic carbocycles. The molecule has 0 bridgehead atoms. The lowest BCUT2D eigenvalue weighted by Crippen LogP contribution is -2.55. The van der Waals surface area contributed by atoms with E-state index in [4.69, 9.17) is 23.7 Å². The summed E-state index contributed by atoms with van der Waals surface area (Å²) in [6.45, 7) is 2.26. The fourth-order valence-corrected chi connectivity index (χ4v) is 8.55. The van der Waals surface area contributed by atoms with Crippen LogP contribution in [0.2, 0.25) is 0 Å². The van der Waals surface area contributed by atoms with Crippen molar-refractivity contribution in [3.05, 3.63) is 149 Å². The van der Waals surface area contributed by atoms with Gasteiger partial charge in [0.05, 0.1) is 37.5 Å². The van der Waals surface area contributed by atoms with E-state index in [-0.39, 0.29) is 56.8 Å². The summed E-state index contributed by atoms with van der Waals surface area (Å²) >= 11 is 0. The third-order valence-electron chi connectivity index (χ3n) is 12.0. The summed E-state index contributed by atoms with van der Waals surface area (Å²) in [4.78, 5) is 60.2. The van der Waals surface area contributed by atoms with Crippen LogP contribution in [-0.4, -0.2) is 109 Å². The van der Waals surface area contributed by atoms with E-state index in [0.29, 0.717) is 60.9 Å². The van der Waals surface area contributed by atoms with Gasteiger partial charge in [-0.15, -0.1) is 0 Å². The molecule has 1 saturated heterocycles. The highest BCUT2D eigenvalue weighted by Crippen LogP contribution is 2.39. The number of aliphatic hydroxyl groups is 1. The number of benzene rings is 5. The van der Waals surface area contributed by atoms with Crippen LogP contribution in [0.3, 0.4) is 0 Å². The van der Waals surface area contributed by atoms with Gasteiger partial charge in [0.15, 0.2) is 23.0 Å². The number of hydrogen-bond donors (Lipinski definition) is 2. The normalized spacial score (nSPS) is 15.6. The Labute approximate surface area is 372 Å². The molecule has 3 heterocycles. The van der Waals surface area contributed by atoms with Gasteiger partial charge in [-0.3, -0.25) is 29.0 Å². The summed E-state index contributed by atoms with van der Waals surface area (Å²) in [5.74, 6) is 0.681. The molecule has 4 amide bonds. The second-order valence-electron chi connectivity index (χ2n) is 16.1. The lowest BCUT2D eigenvalue weighted by Gasteiger charge is -2.40. The van der Waals surface area contributed by atoms with Crippen LogP contribution in [0.5, 0.6) is 28.7 Å². The zero-order valence-electron chi connectivity index (χ0n) is 35.9. The number of imide groups is 1. The third kappa shape index (κ3) is 9.98. The molecule has 0 radical (unpaired) electrons. The molecule has 3 aliphatic heterocycles. The Hall–Kier alpha value is -6.90. The fraction of sp³-hybridized carbons (Fsp3) is 0.320. The topological polar surface area (TPSA) is 156 Å². The first-order chi connectivity index (χ1) is 31.2. The van der Waals surface area contributed by atoms with Gasteiger partial charge in [-0.2, -0.15) is 0 Å². The van der Waals surface area contributed by atoms with Crippen molar-refractivity contribution < 1.29 is 48.0 Å². The van der Waals surface area contributed by atoms with Crippen molar-refractivity contribution in [2.75, 3.05) is 47.2 Å². The van der Waals surface area contributed by atoms with Gasteiger partial charge in [0.1, 0.15) is 6.61 Å². The summed E-state index contributed by atoms with van der Waals surface area (Å²) < 4.78 is 28.5. The molecular formula is C50H52N4O10. The minimum Gasteiger partial charge on any atom is -0.493 e. The molecule has 5 aromatic rings. The Bertz CT molecular complexity index is 2400. The highest BCUT2D eigenvalue weighted by Gasteiger charge is 2.37. The first-order valence-electron chi connectivity index (χ1n) is 21.5. The van der Waals surface area contributed by atoms with Crippen LogP contribution in [0, 0.1) is 0 Å². The van der Waals surface area contributed by atoms with Crippen LogP contribution in [0.4, 0.5) is 0 Å². The summed E-state index contributed by atoms with van der Waals surface area (Å²) in [6, 6.07) is 33.7. The van der Waals surface area contributed by atoms with Crippen molar-refractivity contribution in [2.24, 2.45) is 0 Å². The van der Waals surface area contributed by atoms with E-state index in [1.54, 1.807) is 41.3 Å². The van der Waals surface area contributed by atoms with Gasteiger partial charge < -0.3 is 39.0 Å². The first-order valence-corrected chi connectivity index (χ1v) is 21.5. The van der Waals surface area contributed by atoms with Gasteiger partial charge in [0, 0.05) is 50.7 Å². The Morgan fingerprint density at radius 1 is 0.781 bits per heavy atom. The van der Waals surface area contributed by atoms with Crippen molar-refractivity contribution in [3.8, 4) is 28.7 Å². The number of methoxy groups -OCH3 is 2. The van der Waals surface area contributed by atoms with Crippen LogP contribution in [0.25, 0.3) is 0 Å². The Balaban J connectivity index is 1.01. The van der Waals surface area contributed by atoms with E-state index in [2.05, 4.69) is 10.2 Å². The van der Waals surface area contributed by atoms with Crippen molar-refractivity contribution in [3.63, 3.8) is 0 Å². The number of aliphatic hydroxyl groups excluding tert-OH is 1. The standard InChI is InChI=1S/C50H52N4O10/c1-60-44-27-36(28-45(61-2)47(44)62-31-34-13-7-4-8-14-34)48(57)51-40(25-33-11-5-3-6-12-33)41(55)30-54(46(56)21-24-53-49(58)38-15-9-10-16-39(38)50(53)59)37-19-22-52(23-20-37)29-35-17-18-42-43(26-35)64-32-63-42/h3-18,26-28,37,40-41,55H,19-25,29-32H2,1-2H3,(H,51,57)/t40-,41-/m0/s1. The van der Waals surface area contributed by atoms with Gasteiger partial charge in [-0.1, -0.05) is 78.9 Å². The monoisotopic (exact) mass is 868 g/mol. The Morgan fingerprint density at radius 2 is 1.39 bits per heavy atom. The van der Waals surface area contributed by atoms with Crippen molar-refractivity contribution in [2.45, 2.75) is 57.0 Å². The van der Waals surface area contributed by atoms with Gasteiger partial charge in [0.25, 0.3) is 17.7 Å². The van der Waals surface area contributed by atoms with Crippen molar-refractivity contribution in [1.29, 1.82) is 0 Å². The summed E-state index contributed by atoms with van der Waals surface area (Å²) in [5, 5.41) is 15.3. The average Bonchev–Trinajstić information content (AvgIpc) is 3.90. The van der Waals surface area contributed by atoms with Crippen LogP contribution in [0.1, 0.15) is 67.0 Å². The second-order valence-corrected chi connectivity index (χ2v) is 16.1. The maximum absolute atomic E-state index is 14.4. The Kier molecular flexibility index (Phi) is 13.7. The maximum atomic E-state index is 14.4. The number of nitrogens with one attached hydrogen (secondary N) is 1. The first kappa shape index (κ1) is 43.7. The zero-order chi connectivity index (χ0) is 44.6. The number of amides is 4. The van der Waals surface area contributed by atoms with E-state index >= 15 is 0 Å². The van der Waals surface area contributed by atoms with Crippen LogP contribution >= 0.6 is 0 Å². The smallest absolute Gasteiger partial charge is 0.261 e. The van der Waals surface area contributed by atoms with E-state index in [0.717, 1.165) is 33.1 Å². The molecule has 0 aromatic heterocycles. The summed E-state index contributed by atoms with van der Waals surface area (Å²) in [7, 11) is 2.96. The highest BCUT2D eigenvalue weighted by molar-refractivity contribution is 6.21. The molecule has 8 rings (SSSR count). The number of rotatable bonds is 18. The molecule has 2 atom stereocenters. The molecule has 2 N–H and O–H groups in total. The van der Waals surface area contributed by atoms with E-state index in [9.17, 15) is 24.3 Å². The van der Waals surface area contributed by atoms with Crippen LogP contribution in [-0.2, 0) is 24.4 Å². The number of carbonyl (C=O) groups excluding carboxylic acids is 4. The summed E-state index contributed by atoms with van der Waals surface area (Å²) in [6.07, 6.45) is 0.125. The van der Waals surface area contributed by atoms with E-state index in [1.165, 1.54) is 14.2 Å². The number of ether oxygens (including phenoxy) is 5. The van der Waals surface area contributed by atoms with Crippen molar-refractivity contribution in [1.82, 2.24) is 20.0 Å². The number of hydrogen-bond acceptors (Lipinski definition) is 11. The maximum Gasteiger partial charge on any atom is 0.261 e. The van der Waals surface area contributed by atoms with Crippen LogP contribution < -0.4 is 29.0 Å². The number of likely N-dealkylation sites (tertiary alicyclic amines) is 1.